The van der Waals surface area contributed by atoms with Crippen LogP contribution in [0.15, 0.2) is 97.1 Å². The second-order valence-corrected chi connectivity index (χ2v) is 14.8. The molecule has 8 nitrogen and oxygen atoms in total. The minimum atomic E-state index is -4.19. The van der Waals surface area contributed by atoms with Crippen LogP contribution in [-0.4, -0.2) is 42.9 Å². The maximum atomic E-state index is 13.8. The van der Waals surface area contributed by atoms with E-state index >= 15 is 0 Å². The van der Waals surface area contributed by atoms with Gasteiger partial charge in [-0.25, -0.2) is 0 Å². The first kappa shape index (κ1) is 36.6. The Morgan fingerprint density at radius 3 is 2.00 bits per heavy atom. The summed E-state index contributed by atoms with van der Waals surface area (Å²) in [5.74, 6) is -2.17. The smallest absolute Gasteiger partial charge is 0.266 e. The van der Waals surface area contributed by atoms with Crippen LogP contribution in [0.5, 0.6) is 0 Å². The lowest BCUT2D eigenvalue weighted by Crippen LogP contribution is -2.28. The summed E-state index contributed by atoms with van der Waals surface area (Å²) in [4.78, 5) is 39.2. The van der Waals surface area contributed by atoms with Gasteiger partial charge in [-0.15, -0.1) is 0 Å². The molecule has 250 valence electrons. The summed E-state index contributed by atoms with van der Waals surface area (Å²) < 4.78 is 30.8. The first-order valence-corrected chi connectivity index (χ1v) is 17.5. The molecule has 11 heteroatoms. The third-order valence-corrected chi connectivity index (χ3v) is 8.79. The first-order chi connectivity index (χ1) is 22.6. The molecular weight excluding hydrogens is 671 g/mol. The van der Waals surface area contributed by atoms with Gasteiger partial charge in [-0.1, -0.05) is 92.5 Å². The summed E-state index contributed by atoms with van der Waals surface area (Å²) in [6, 6.07) is 25.7. The van der Waals surface area contributed by atoms with Gasteiger partial charge < -0.3 is 10.6 Å². The van der Waals surface area contributed by atoms with Gasteiger partial charge in [0.15, 0.2) is 5.78 Å². The predicted molar refractivity (Wildman–Crippen MR) is 192 cm³/mol. The summed E-state index contributed by atoms with van der Waals surface area (Å²) in [7, 11) is -4.19. The molecular formula is C37H36Cl2N2O6S. The van der Waals surface area contributed by atoms with Crippen molar-refractivity contribution < 1.29 is 27.4 Å². The fourth-order valence-electron chi connectivity index (χ4n) is 4.71. The maximum absolute atomic E-state index is 13.8. The van der Waals surface area contributed by atoms with Gasteiger partial charge in [0.1, 0.15) is 0 Å². The highest BCUT2D eigenvalue weighted by molar-refractivity contribution is 7.85. The third kappa shape index (κ3) is 10.9. The van der Waals surface area contributed by atoms with E-state index < -0.39 is 27.7 Å². The molecule has 0 aliphatic heterocycles. The van der Waals surface area contributed by atoms with Gasteiger partial charge in [-0.05, 0) is 83.1 Å². The molecule has 0 radical (unpaired) electrons. The SMILES string of the molecule is CC(C)(C)/C=C/c1ccc(C(Cc2ccc(C(=O)NCCS(=O)(=O)O)cc2)C(=O)Nc2ccc(C(=O)c3ccc(Cl)c(Cl)c3)cc2)cc1. The first-order valence-electron chi connectivity index (χ1n) is 15.1. The Balaban J connectivity index is 1.53. The average molecular weight is 708 g/mol. The van der Waals surface area contributed by atoms with Crippen LogP contribution in [0.4, 0.5) is 5.69 Å². The molecule has 0 aliphatic carbocycles. The normalized spacial score (nSPS) is 12.5. The second-order valence-electron chi connectivity index (χ2n) is 12.4. The van der Waals surface area contributed by atoms with E-state index in [1.165, 1.54) is 6.07 Å². The van der Waals surface area contributed by atoms with E-state index in [0.717, 1.165) is 16.7 Å². The van der Waals surface area contributed by atoms with Crippen LogP contribution in [0.1, 0.15) is 69.7 Å². The molecule has 4 rings (SSSR count). The molecule has 1 atom stereocenters. The van der Waals surface area contributed by atoms with Crippen LogP contribution in [0.2, 0.25) is 10.0 Å². The number of carbonyl (C=O) groups excluding carboxylic acids is 3. The summed E-state index contributed by atoms with van der Waals surface area (Å²) in [6.45, 7) is 6.11. The number of allylic oxidation sites excluding steroid dienone is 1. The Morgan fingerprint density at radius 1 is 0.812 bits per heavy atom. The molecule has 0 bridgehead atoms. The molecule has 2 amide bonds. The number of anilines is 1. The molecule has 0 fully saturated rings. The molecule has 1 unspecified atom stereocenters. The topological polar surface area (TPSA) is 130 Å². The molecule has 3 N–H and O–H groups in total. The van der Waals surface area contributed by atoms with Crippen LogP contribution in [-0.2, 0) is 21.3 Å². The highest BCUT2D eigenvalue weighted by Gasteiger charge is 2.22. The monoisotopic (exact) mass is 706 g/mol. The zero-order valence-corrected chi connectivity index (χ0v) is 29.0. The highest BCUT2D eigenvalue weighted by atomic mass is 35.5. The lowest BCUT2D eigenvalue weighted by atomic mass is 9.89. The molecule has 0 heterocycles. The number of amides is 2. The maximum Gasteiger partial charge on any atom is 0.266 e. The van der Waals surface area contributed by atoms with Crippen molar-refractivity contribution in [2.75, 3.05) is 17.6 Å². The largest absolute Gasteiger partial charge is 0.351 e. The van der Waals surface area contributed by atoms with Crippen LogP contribution in [0, 0.1) is 5.41 Å². The van der Waals surface area contributed by atoms with Crippen LogP contribution >= 0.6 is 23.2 Å². The summed E-state index contributed by atoms with van der Waals surface area (Å²) in [5.41, 5.74) is 4.23. The van der Waals surface area contributed by atoms with E-state index in [1.807, 2.05) is 30.3 Å². The summed E-state index contributed by atoms with van der Waals surface area (Å²) in [5, 5.41) is 6.06. The molecule has 4 aromatic carbocycles. The number of hydrogen-bond donors (Lipinski definition) is 3. The molecule has 48 heavy (non-hydrogen) atoms. The van der Waals surface area contributed by atoms with Crippen molar-refractivity contribution in [3.8, 4) is 0 Å². The Morgan fingerprint density at radius 2 is 1.42 bits per heavy atom. The summed E-state index contributed by atoms with van der Waals surface area (Å²) >= 11 is 12.1. The van der Waals surface area contributed by atoms with Crippen molar-refractivity contribution >= 4 is 62.7 Å². The number of halogens is 2. The number of rotatable bonds is 12. The fraction of sp³-hybridized carbons (Fsp3) is 0.216. The lowest BCUT2D eigenvalue weighted by molar-refractivity contribution is -0.117. The van der Waals surface area contributed by atoms with E-state index in [4.69, 9.17) is 27.8 Å². The van der Waals surface area contributed by atoms with Crippen molar-refractivity contribution in [1.29, 1.82) is 0 Å². The van der Waals surface area contributed by atoms with E-state index in [2.05, 4.69) is 37.5 Å². The van der Waals surface area contributed by atoms with E-state index in [0.29, 0.717) is 33.8 Å². The molecule has 4 aromatic rings. The molecule has 0 aromatic heterocycles. The Kier molecular flexibility index (Phi) is 12.0. The zero-order valence-electron chi connectivity index (χ0n) is 26.7. The van der Waals surface area contributed by atoms with Crippen molar-refractivity contribution in [2.24, 2.45) is 5.41 Å². The van der Waals surface area contributed by atoms with Gasteiger partial charge >= 0.3 is 0 Å². The standard InChI is InChI=1S/C37H36Cl2N2O6S/c1-37(2,3)19-18-24-4-8-26(9-5-24)31(22-25-6-10-28(11-7-25)35(43)40-20-21-48(45,46)47)36(44)41-30-15-12-27(13-16-30)34(42)29-14-17-32(38)33(39)23-29/h4-19,23,31H,20-22H2,1-3H3,(H,40,43)(H,41,44)(H,45,46,47)/b19-18+. The van der Waals surface area contributed by atoms with E-state index in [-0.39, 0.29) is 28.7 Å². The van der Waals surface area contributed by atoms with Gasteiger partial charge in [0, 0.05) is 28.9 Å². The molecule has 0 aliphatic rings. The van der Waals surface area contributed by atoms with Gasteiger partial charge in [0.05, 0.1) is 21.7 Å². The minimum absolute atomic E-state index is 0.0166. The van der Waals surface area contributed by atoms with Gasteiger partial charge in [-0.2, -0.15) is 8.42 Å². The van der Waals surface area contributed by atoms with Crippen molar-refractivity contribution in [1.82, 2.24) is 5.32 Å². The number of hydrogen-bond acceptors (Lipinski definition) is 5. The van der Waals surface area contributed by atoms with Crippen molar-refractivity contribution in [3.63, 3.8) is 0 Å². The zero-order chi connectivity index (χ0) is 35.1. The quantitative estimate of drug-likeness (QED) is 0.102. The Bertz CT molecular complexity index is 1920. The third-order valence-electron chi connectivity index (χ3n) is 7.33. The highest BCUT2D eigenvalue weighted by Crippen LogP contribution is 2.27. The lowest BCUT2D eigenvalue weighted by Gasteiger charge is -2.18. The predicted octanol–water partition coefficient (Wildman–Crippen LogP) is 7.87. The minimum Gasteiger partial charge on any atom is -0.351 e. The summed E-state index contributed by atoms with van der Waals surface area (Å²) in [6.07, 6.45) is 4.48. The van der Waals surface area contributed by atoms with Crippen LogP contribution in [0.25, 0.3) is 6.08 Å². The molecule has 0 saturated carbocycles. The van der Waals surface area contributed by atoms with Crippen LogP contribution < -0.4 is 10.6 Å². The number of ketones is 1. The number of nitrogens with one attached hydrogen (secondary N) is 2. The van der Waals surface area contributed by atoms with E-state index in [1.54, 1.807) is 60.7 Å². The van der Waals surface area contributed by atoms with E-state index in [9.17, 15) is 22.8 Å². The van der Waals surface area contributed by atoms with Crippen LogP contribution in [0.3, 0.4) is 0 Å². The molecule has 0 spiro atoms. The number of benzene rings is 4. The Hall–Kier alpha value is -4.28. The Labute approximate surface area is 290 Å². The number of carbonyl (C=O) groups is 3. The fourth-order valence-corrected chi connectivity index (χ4v) is 5.37. The molecule has 0 saturated heterocycles. The van der Waals surface area contributed by atoms with Gasteiger partial charge in [-0.3, -0.25) is 18.9 Å². The second kappa shape index (κ2) is 15.7. The van der Waals surface area contributed by atoms with Crippen molar-refractivity contribution in [3.05, 3.63) is 140 Å². The van der Waals surface area contributed by atoms with Crippen molar-refractivity contribution in [2.45, 2.75) is 33.1 Å². The van der Waals surface area contributed by atoms with Gasteiger partial charge in [0.2, 0.25) is 5.91 Å². The average Bonchev–Trinajstić information content (AvgIpc) is 3.03. The van der Waals surface area contributed by atoms with Gasteiger partial charge in [0.25, 0.3) is 16.0 Å².